The number of hydrogen-bond donors (Lipinski definition) is 1. The number of piperazine rings is 1. The van der Waals surface area contributed by atoms with Crippen LogP contribution in [0.15, 0.2) is 65.5 Å². The average Bonchev–Trinajstić information content (AvgIpc) is 3.54. The van der Waals surface area contributed by atoms with Crippen molar-refractivity contribution in [2.24, 2.45) is 0 Å². The summed E-state index contributed by atoms with van der Waals surface area (Å²) in [4.78, 5) is 30.8. The van der Waals surface area contributed by atoms with E-state index in [1.165, 1.54) is 5.56 Å². The van der Waals surface area contributed by atoms with Gasteiger partial charge in [0.1, 0.15) is 17.7 Å². The van der Waals surface area contributed by atoms with E-state index >= 15 is 0 Å². The molecule has 1 amide bonds. The van der Waals surface area contributed by atoms with Crippen molar-refractivity contribution < 1.29 is 9.21 Å². The number of aromatic nitrogens is 5. The first-order valence-corrected chi connectivity index (χ1v) is 12.5. The third-order valence-corrected chi connectivity index (χ3v) is 6.68. The predicted molar refractivity (Wildman–Crippen MR) is 140 cm³/mol. The third kappa shape index (κ3) is 4.88. The topological polar surface area (TPSA) is 105 Å². The van der Waals surface area contributed by atoms with Gasteiger partial charge in [-0.05, 0) is 24.6 Å². The molecule has 10 heteroatoms. The maximum absolute atomic E-state index is 12.6. The van der Waals surface area contributed by atoms with E-state index in [0.717, 1.165) is 55.3 Å². The molecule has 1 aromatic carbocycles. The molecule has 188 valence electrons. The molecule has 5 aromatic rings. The maximum Gasteiger partial charge on any atom is 0.287 e. The number of anilines is 1. The van der Waals surface area contributed by atoms with Crippen molar-refractivity contribution in [1.29, 1.82) is 0 Å². The largest absolute Gasteiger partial charge is 0.449 e. The van der Waals surface area contributed by atoms with Crippen LogP contribution in [0.1, 0.15) is 21.8 Å². The Balaban J connectivity index is 1.08. The number of carbonyl (C=O) groups excluding carboxylic acids is 1. The van der Waals surface area contributed by atoms with Gasteiger partial charge in [-0.25, -0.2) is 19.6 Å². The molecule has 6 rings (SSSR count). The van der Waals surface area contributed by atoms with E-state index < -0.39 is 0 Å². The number of amides is 1. The highest BCUT2D eigenvalue weighted by molar-refractivity contribution is 5.95. The summed E-state index contributed by atoms with van der Waals surface area (Å²) in [5.74, 6) is 0.870. The fraction of sp³-hybridized carbons (Fsp3) is 0.296. The van der Waals surface area contributed by atoms with Crippen molar-refractivity contribution in [3.8, 4) is 0 Å². The lowest BCUT2D eigenvalue weighted by Gasteiger charge is -2.35. The van der Waals surface area contributed by atoms with Crippen LogP contribution in [0.3, 0.4) is 0 Å². The number of nitrogens with zero attached hydrogens (tertiary/aromatic N) is 7. The SMILES string of the molecule is Cc1ccc2oc(C(=O)NCCn3ncc4c(N5CCN(Cc6ccccc6)CC5)ncnc43)cc2n1. The van der Waals surface area contributed by atoms with Gasteiger partial charge in [-0.1, -0.05) is 30.3 Å². The van der Waals surface area contributed by atoms with Crippen LogP contribution in [0.2, 0.25) is 0 Å². The molecule has 10 nitrogen and oxygen atoms in total. The van der Waals surface area contributed by atoms with Gasteiger partial charge >= 0.3 is 0 Å². The Morgan fingerprint density at radius 2 is 1.89 bits per heavy atom. The van der Waals surface area contributed by atoms with E-state index in [2.05, 4.69) is 65.5 Å². The first kappa shape index (κ1) is 23.1. The van der Waals surface area contributed by atoms with Crippen molar-refractivity contribution in [2.45, 2.75) is 20.0 Å². The normalized spacial score (nSPS) is 14.5. The van der Waals surface area contributed by atoms with Crippen LogP contribution in [-0.4, -0.2) is 68.3 Å². The zero-order valence-electron chi connectivity index (χ0n) is 20.7. The number of benzene rings is 1. The second kappa shape index (κ2) is 9.98. The lowest BCUT2D eigenvalue weighted by molar-refractivity contribution is 0.0926. The molecule has 0 spiro atoms. The molecule has 1 aliphatic rings. The first-order chi connectivity index (χ1) is 18.1. The van der Waals surface area contributed by atoms with Gasteiger partial charge in [0.05, 0.1) is 18.1 Å². The molecular formula is C27H28N8O2. The monoisotopic (exact) mass is 496 g/mol. The van der Waals surface area contributed by atoms with Gasteiger partial charge in [-0.2, -0.15) is 5.10 Å². The number of pyridine rings is 1. The average molecular weight is 497 g/mol. The summed E-state index contributed by atoms with van der Waals surface area (Å²) < 4.78 is 7.44. The lowest BCUT2D eigenvalue weighted by Crippen LogP contribution is -2.46. The van der Waals surface area contributed by atoms with Gasteiger partial charge in [-0.3, -0.25) is 9.69 Å². The number of carbonyl (C=O) groups is 1. The summed E-state index contributed by atoms with van der Waals surface area (Å²) in [5, 5.41) is 8.35. The van der Waals surface area contributed by atoms with E-state index in [4.69, 9.17) is 4.42 Å². The standard InChI is InChI=1S/C27H28N8O2/c1-19-7-8-23-22(32-19)15-24(37-23)27(36)28-9-10-35-26-21(16-31-35)25(29-18-30-26)34-13-11-33(12-14-34)17-20-5-3-2-4-6-20/h2-8,15-16,18H,9-14,17H2,1H3,(H,28,36). The Morgan fingerprint density at radius 3 is 2.73 bits per heavy atom. The second-order valence-corrected chi connectivity index (χ2v) is 9.25. The van der Waals surface area contributed by atoms with Gasteiger partial charge in [-0.15, -0.1) is 0 Å². The molecule has 0 atom stereocenters. The van der Waals surface area contributed by atoms with Gasteiger partial charge < -0.3 is 14.6 Å². The van der Waals surface area contributed by atoms with Crippen LogP contribution in [-0.2, 0) is 13.1 Å². The van der Waals surface area contributed by atoms with Gasteiger partial charge in [0, 0.05) is 51.0 Å². The molecule has 4 aromatic heterocycles. The summed E-state index contributed by atoms with van der Waals surface area (Å²) >= 11 is 0. The van der Waals surface area contributed by atoms with Crippen LogP contribution in [0.5, 0.6) is 0 Å². The van der Waals surface area contributed by atoms with Gasteiger partial charge in [0.15, 0.2) is 17.0 Å². The Morgan fingerprint density at radius 1 is 1.05 bits per heavy atom. The smallest absolute Gasteiger partial charge is 0.287 e. The van der Waals surface area contributed by atoms with Crippen molar-refractivity contribution in [3.05, 3.63) is 78.1 Å². The van der Waals surface area contributed by atoms with Crippen molar-refractivity contribution in [3.63, 3.8) is 0 Å². The van der Waals surface area contributed by atoms with Crippen LogP contribution < -0.4 is 10.2 Å². The lowest BCUT2D eigenvalue weighted by atomic mass is 10.2. The maximum atomic E-state index is 12.6. The molecule has 1 fully saturated rings. The Hall–Kier alpha value is -4.31. The quantitative estimate of drug-likeness (QED) is 0.367. The summed E-state index contributed by atoms with van der Waals surface area (Å²) in [7, 11) is 0. The number of rotatable bonds is 7. The van der Waals surface area contributed by atoms with E-state index in [9.17, 15) is 4.79 Å². The van der Waals surface area contributed by atoms with E-state index in [-0.39, 0.29) is 11.7 Å². The summed E-state index contributed by atoms with van der Waals surface area (Å²) in [5.41, 5.74) is 4.24. The number of nitrogens with one attached hydrogen (secondary N) is 1. The first-order valence-electron chi connectivity index (χ1n) is 12.5. The summed E-state index contributed by atoms with van der Waals surface area (Å²) in [6.45, 7) is 7.46. The minimum Gasteiger partial charge on any atom is -0.449 e. The number of hydrogen-bond acceptors (Lipinski definition) is 8. The molecule has 5 heterocycles. The molecule has 1 saturated heterocycles. The predicted octanol–water partition coefficient (Wildman–Crippen LogP) is 3.03. The van der Waals surface area contributed by atoms with Crippen molar-refractivity contribution >= 4 is 33.9 Å². The number of furan rings is 1. The van der Waals surface area contributed by atoms with Crippen LogP contribution in [0.4, 0.5) is 5.82 Å². The van der Waals surface area contributed by atoms with Crippen LogP contribution in [0, 0.1) is 6.92 Å². The summed E-state index contributed by atoms with van der Waals surface area (Å²) in [6, 6.07) is 15.9. The highest BCUT2D eigenvalue weighted by Crippen LogP contribution is 2.24. The zero-order valence-corrected chi connectivity index (χ0v) is 20.7. The van der Waals surface area contributed by atoms with Crippen LogP contribution in [0.25, 0.3) is 22.1 Å². The second-order valence-electron chi connectivity index (χ2n) is 9.25. The minimum atomic E-state index is -0.282. The number of aryl methyl sites for hydroxylation is 1. The summed E-state index contributed by atoms with van der Waals surface area (Å²) in [6.07, 6.45) is 3.41. The molecule has 0 radical (unpaired) electrons. The zero-order chi connectivity index (χ0) is 25.2. The molecule has 0 aliphatic carbocycles. The number of fused-ring (bicyclic) bond motifs is 2. The Kier molecular flexibility index (Phi) is 6.23. The minimum absolute atomic E-state index is 0.245. The third-order valence-electron chi connectivity index (χ3n) is 6.68. The van der Waals surface area contributed by atoms with E-state index in [1.54, 1.807) is 17.1 Å². The van der Waals surface area contributed by atoms with Crippen LogP contribution >= 0.6 is 0 Å². The molecule has 37 heavy (non-hydrogen) atoms. The molecule has 0 saturated carbocycles. The van der Waals surface area contributed by atoms with E-state index in [0.29, 0.717) is 24.2 Å². The van der Waals surface area contributed by atoms with Crippen molar-refractivity contribution in [1.82, 2.24) is 34.9 Å². The Bertz CT molecular complexity index is 1540. The van der Waals surface area contributed by atoms with Gasteiger partial charge in [0.25, 0.3) is 5.91 Å². The fourth-order valence-electron chi connectivity index (χ4n) is 4.76. The van der Waals surface area contributed by atoms with E-state index in [1.807, 2.05) is 25.3 Å². The fourth-order valence-corrected chi connectivity index (χ4v) is 4.76. The van der Waals surface area contributed by atoms with Crippen molar-refractivity contribution in [2.75, 3.05) is 37.6 Å². The molecule has 0 unspecified atom stereocenters. The molecule has 0 bridgehead atoms. The molecular weight excluding hydrogens is 468 g/mol. The molecule has 1 N–H and O–H groups in total. The highest BCUT2D eigenvalue weighted by Gasteiger charge is 2.21. The Labute approximate surface area is 213 Å². The molecule has 1 aliphatic heterocycles. The van der Waals surface area contributed by atoms with Gasteiger partial charge in [0.2, 0.25) is 0 Å². The highest BCUT2D eigenvalue weighted by atomic mass is 16.3.